The molecular formula is C24H36O11. The van der Waals surface area contributed by atoms with Crippen molar-refractivity contribution in [2.75, 3.05) is 0 Å². The highest BCUT2D eigenvalue weighted by molar-refractivity contribution is 5.79. The zero-order valence-corrected chi connectivity index (χ0v) is 21.6. The van der Waals surface area contributed by atoms with E-state index in [1.807, 2.05) is 27.7 Å². The Balaban J connectivity index is 1.93. The maximum absolute atomic E-state index is 12.9. The Morgan fingerprint density at radius 3 is 2.09 bits per heavy atom. The van der Waals surface area contributed by atoms with Crippen LogP contribution in [0.2, 0.25) is 0 Å². The lowest BCUT2D eigenvalue weighted by Crippen LogP contribution is -2.74. The highest BCUT2D eigenvalue weighted by Crippen LogP contribution is 2.62. The first kappa shape index (κ1) is 27.3. The molecule has 0 aromatic heterocycles. The van der Waals surface area contributed by atoms with E-state index in [-0.39, 0.29) is 12.5 Å². The number of ether oxygens (including phenoxy) is 7. The molecule has 4 bridgehead atoms. The van der Waals surface area contributed by atoms with E-state index < -0.39 is 71.4 Å². The van der Waals surface area contributed by atoms with Gasteiger partial charge in [0.2, 0.25) is 12.1 Å². The fourth-order valence-corrected chi connectivity index (χ4v) is 5.27. The Labute approximate surface area is 205 Å². The van der Waals surface area contributed by atoms with Gasteiger partial charge in [-0.15, -0.1) is 0 Å². The van der Waals surface area contributed by atoms with Crippen LogP contribution < -0.4 is 0 Å². The van der Waals surface area contributed by atoms with Gasteiger partial charge < -0.3 is 33.2 Å². The van der Waals surface area contributed by atoms with Crippen molar-refractivity contribution in [2.24, 2.45) is 11.3 Å². The molecule has 35 heavy (non-hydrogen) atoms. The minimum absolute atomic E-state index is 0.250. The summed E-state index contributed by atoms with van der Waals surface area (Å²) in [6.07, 6.45) is -3.41. The Kier molecular flexibility index (Phi) is 7.55. The first-order chi connectivity index (χ1) is 16.1. The molecule has 1 aliphatic carbocycles. The molecule has 1 saturated carbocycles. The SMILES string of the molecule is CC(=O)O[C@@H](C)C(=O)O[C@@H]1O[C@H]2C[C@]3(C)[C@@H](OC(C)(C)C)CC[C@](OC(=O)[C@H](C)OC(C)=O)(O2)[C@H]13. The van der Waals surface area contributed by atoms with Gasteiger partial charge in [-0.3, -0.25) is 9.59 Å². The van der Waals surface area contributed by atoms with Crippen molar-refractivity contribution in [1.82, 2.24) is 0 Å². The minimum atomic E-state index is -1.49. The number of carbonyl (C=O) groups excluding carboxylic acids is 4. The lowest BCUT2D eigenvalue weighted by atomic mass is 9.57. The summed E-state index contributed by atoms with van der Waals surface area (Å²) >= 11 is 0. The Hall–Kier alpha value is -2.24. The molecule has 3 heterocycles. The monoisotopic (exact) mass is 500 g/mol. The zero-order valence-electron chi connectivity index (χ0n) is 21.6. The lowest BCUT2D eigenvalue weighted by molar-refractivity contribution is -0.479. The number of hydrogen-bond acceptors (Lipinski definition) is 11. The molecule has 8 atom stereocenters. The average Bonchev–Trinajstić information content (AvgIpc) is 2.68. The maximum atomic E-state index is 12.9. The van der Waals surface area contributed by atoms with Crippen LogP contribution in [0.25, 0.3) is 0 Å². The number of esters is 4. The summed E-state index contributed by atoms with van der Waals surface area (Å²) < 4.78 is 39.8. The highest BCUT2D eigenvalue weighted by atomic mass is 16.8. The topological polar surface area (TPSA) is 133 Å². The van der Waals surface area contributed by atoms with Crippen molar-refractivity contribution in [3.63, 3.8) is 0 Å². The van der Waals surface area contributed by atoms with Crippen molar-refractivity contribution in [3.05, 3.63) is 0 Å². The van der Waals surface area contributed by atoms with Crippen LogP contribution in [0.1, 0.15) is 74.7 Å². The van der Waals surface area contributed by atoms with Crippen LogP contribution in [0, 0.1) is 11.3 Å². The summed E-state index contributed by atoms with van der Waals surface area (Å²) in [5, 5.41) is 0. The summed E-state index contributed by atoms with van der Waals surface area (Å²) in [5.41, 5.74) is -1.12. The van der Waals surface area contributed by atoms with E-state index >= 15 is 0 Å². The van der Waals surface area contributed by atoms with Crippen LogP contribution >= 0.6 is 0 Å². The molecule has 0 spiro atoms. The lowest BCUT2D eigenvalue weighted by Gasteiger charge is -2.65. The zero-order chi connectivity index (χ0) is 26.3. The molecule has 0 aromatic carbocycles. The van der Waals surface area contributed by atoms with Gasteiger partial charge in [0.25, 0.3) is 0 Å². The molecule has 3 saturated heterocycles. The molecular weight excluding hydrogens is 464 g/mol. The van der Waals surface area contributed by atoms with Gasteiger partial charge in [0.05, 0.1) is 17.6 Å². The molecule has 0 amide bonds. The van der Waals surface area contributed by atoms with E-state index in [9.17, 15) is 19.2 Å². The fourth-order valence-electron chi connectivity index (χ4n) is 5.27. The van der Waals surface area contributed by atoms with Crippen molar-refractivity contribution in [3.8, 4) is 0 Å². The number of hydrogen-bond donors (Lipinski definition) is 0. The fraction of sp³-hybridized carbons (Fsp3) is 0.833. The molecule has 4 fully saturated rings. The quantitative estimate of drug-likeness (QED) is 0.377. The van der Waals surface area contributed by atoms with E-state index in [4.69, 9.17) is 33.2 Å². The summed E-state index contributed by atoms with van der Waals surface area (Å²) in [6, 6.07) is 0. The summed E-state index contributed by atoms with van der Waals surface area (Å²) in [6.45, 7) is 13.0. The van der Waals surface area contributed by atoms with E-state index in [2.05, 4.69) is 0 Å². The van der Waals surface area contributed by atoms with Crippen molar-refractivity contribution >= 4 is 23.9 Å². The molecule has 4 rings (SSSR count). The maximum Gasteiger partial charge on any atom is 0.349 e. The largest absolute Gasteiger partial charge is 0.451 e. The molecule has 0 aromatic rings. The van der Waals surface area contributed by atoms with Crippen LogP contribution in [0.15, 0.2) is 0 Å². The minimum Gasteiger partial charge on any atom is -0.451 e. The number of carbonyl (C=O) groups is 4. The smallest absolute Gasteiger partial charge is 0.349 e. The molecule has 11 heteroatoms. The van der Waals surface area contributed by atoms with Gasteiger partial charge in [-0.2, -0.15) is 0 Å². The van der Waals surface area contributed by atoms with Crippen molar-refractivity contribution < 1.29 is 52.3 Å². The molecule has 0 radical (unpaired) electrons. The van der Waals surface area contributed by atoms with Crippen LogP contribution in [-0.4, -0.2) is 66.2 Å². The van der Waals surface area contributed by atoms with Crippen LogP contribution in [0.5, 0.6) is 0 Å². The third-order valence-corrected chi connectivity index (χ3v) is 6.52. The van der Waals surface area contributed by atoms with Gasteiger partial charge in [0, 0.05) is 32.1 Å². The summed E-state index contributed by atoms with van der Waals surface area (Å²) in [4.78, 5) is 48.2. The van der Waals surface area contributed by atoms with Gasteiger partial charge >= 0.3 is 23.9 Å². The molecule has 4 aliphatic rings. The Bertz CT molecular complexity index is 864. The second-order valence-electron chi connectivity index (χ2n) is 10.7. The van der Waals surface area contributed by atoms with Crippen LogP contribution in [0.3, 0.4) is 0 Å². The predicted molar refractivity (Wildman–Crippen MR) is 117 cm³/mol. The van der Waals surface area contributed by atoms with Crippen LogP contribution in [-0.2, 0) is 52.3 Å². The molecule has 0 unspecified atom stereocenters. The first-order valence-corrected chi connectivity index (χ1v) is 11.9. The molecule has 198 valence electrons. The standard InChI is InChI=1S/C24H36O11/c1-12(29-14(3)25)19(27)32-21-18-23(8)11-17(31-21)34-24(18,10-9-16(23)33-22(5,6)7)35-20(28)13(2)30-15(4)26/h12-13,16-18,21H,9-11H2,1-8H3/t12-,13-,16-,17+,18+,21-,23+,24+/m0/s1. The third kappa shape index (κ3) is 5.78. The van der Waals surface area contributed by atoms with Crippen molar-refractivity contribution in [1.29, 1.82) is 0 Å². The van der Waals surface area contributed by atoms with Gasteiger partial charge in [-0.25, -0.2) is 9.59 Å². The summed E-state index contributed by atoms with van der Waals surface area (Å²) in [7, 11) is 0. The Morgan fingerprint density at radius 1 is 0.971 bits per heavy atom. The molecule has 11 nitrogen and oxygen atoms in total. The van der Waals surface area contributed by atoms with Crippen LogP contribution in [0.4, 0.5) is 0 Å². The van der Waals surface area contributed by atoms with E-state index in [1.54, 1.807) is 0 Å². The first-order valence-electron chi connectivity index (χ1n) is 11.9. The van der Waals surface area contributed by atoms with Gasteiger partial charge in [0.15, 0.2) is 18.5 Å². The van der Waals surface area contributed by atoms with Gasteiger partial charge in [-0.1, -0.05) is 6.92 Å². The normalized spacial score (nSPS) is 35.4. The van der Waals surface area contributed by atoms with Gasteiger partial charge in [-0.05, 0) is 41.0 Å². The van der Waals surface area contributed by atoms with E-state index in [0.29, 0.717) is 12.8 Å². The van der Waals surface area contributed by atoms with Gasteiger partial charge in [0.1, 0.15) is 0 Å². The molecule has 3 aliphatic heterocycles. The summed E-state index contributed by atoms with van der Waals surface area (Å²) in [5.74, 6) is -5.10. The average molecular weight is 501 g/mol. The van der Waals surface area contributed by atoms with Crippen molar-refractivity contribution in [2.45, 2.75) is 117 Å². The number of fused-ring (bicyclic) bond motifs is 1. The molecule has 0 N–H and O–H groups in total. The predicted octanol–water partition coefficient (Wildman–Crippen LogP) is 2.38. The second kappa shape index (κ2) is 9.67. The van der Waals surface area contributed by atoms with E-state index in [0.717, 1.165) is 0 Å². The number of rotatable bonds is 7. The Morgan fingerprint density at radius 2 is 1.54 bits per heavy atom. The highest BCUT2D eigenvalue weighted by Gasteiger charge is 2.71. The van der Waals surface area contributed by atoms with E-state index in [1.165, 1.54) is 27.7 Å². The second-order valence-corrected chi connectivity index (χ2v) is 10.7. The third-order valence-electron chi connectivity index (χ3n) is 6.52.